The molecule has 0 heterocycles. The maximum absolute atomic E-state index is 10.8. The molecule has 1 aliphatic rings. The lowest BCUT2D eigenvalue weighted by Crippen LogP contribution is -2.28. The van der Waals surface area contributed by atoms with Gasteiger partial charge in [-0.3, -0.25) is 9.35 Å². The lowest BCUT2D eigenvalue weighted by Gasteiger charge is -2.23. The number of carbonyl (C=O) groups is 2. The summed E-state index contributed by atoms with van der Waals surface area (Å²) in [5.41, 5.74) is 4.08. The quantitative estimate of drug-likeness (QED) is 0.534. The molecular weight excluding hydrogens is 314 g/mol. The summed E-state index contributed by atoms with van der Waals surface area (Å²) in [5.74, 6) is -2.06. The first-order chi connectivity index (χ1) is 9.97. The normalized spacial score (nSPS) is 22.1. The minimum atomic E-state index is -3.89. The second-order valence-corrected chi connectivity index (χ2v) is 6.73. The molecule has 0 spiro atoms. The maximum atomic E-state index is 10.8. The van der Waals surface area contributed by atoms with Gasteiger partial charge in [-0.05, 0) is 19.8 Å². The number of hydrogen-bond acceptors (Lipinski definition) is 5. The fourth-order valence-corrected chi connectivity index (χ4v) is 2.35. The Morgan fingerprint density at radius 3 is 2.23 bits per heavy atom. The molecule has 2 atom stereocenters. The van der Waals surface area contributed by atoms with E-state index in [-0.39, 0.29) is 18.5 Å². The molecule has 0 amide bonds. The van der Waals surface area contributed by atoms with Crippen LogP contribution < -0.4 is 5.73 Å². The van der Waals surface area contributed by atoms with Crippen molar-refractivity contribution < 1.29 is 32.8 Å². The third-order valence-corrected chi connectivity index (χ3v) is 4.59. The molecule has 22 heavy (non-hydrogen) atoms. The molecule has 8 nitrogen and oxygen atoms in total. The Morgan fingerprint density at radius 1 is 1.41 bits per heavy atom. The second-order valence-electron chi connectivity index (χ2n) is 5.04. The predicted octanol–water partition coefficient (Wildman–Crippen LogP) is 0.660. The minimum absolute atomic E-state index is 0.0185. The number of allylic oxidation sites excluding steroid dienone is 2. The highest BCUT2D eigenvalue weighted by molar-refractivity contribution is 7.86. The summed E-state index contributed by atoms with van der Waals surface area (Å²) < 4.78 is 28.9. The Kier molecular flexibility index (Phi) is 7.44. The van der Waals surface area contributed by atoms with E-state index in [0.29, 0.717) is 6.42 Å². The van der Waals surface area contributed by atoms with Crippen LogP contribution in [0.3, 0.4) is 0 Å². The molecule has 0 aromatic rings. The predicted molar refractivity (Wildman–Crippen MR) is 79.9 cm³/mol. The van der Waals surface area contributed by atoms with Crippen molar-refractivity contribution in [2.75, 3.05) is 6.54 Å². The van der Waals surface area contributed by atoms with Gasteiger partial charge in [0.25, 0.3) is 10.1 Å². The number of nitrogens with two attached hydrogens (primary N) is 1. The molecule has 0 aliphatic heterocycles. The van der Waals surface area contributed by atoms with Gasteiger partial charge >= 0.3 is 11.9 Å². The number of rotatable bonds is 5. The van der Waals surface area contributed by atoms with Crippen LogP contribution in [0.25, 0.3) is 0 Å². The lowest BCUT2D eigenvalue weighted by atomic mass is 9.80. The zero-order valence-electron chi connectivity index (χ0n) is 12.4. The molecule has 0 saturated heterocycles. The van der Waals surface area contributed by atoms with E-state index in [1.807, 2.05) is 0 Å². The maximum Gasteiger partial charge on any atom is 0.331 e. The molecule has 0 bridgehead atoms. The van der Waals surface area contributed by atoms with Gasteiger partial charge in [0.1, 0.15) is 0 Å². The molecule has 9 heteroatoms. The van der Waals surface area contributed by atoms with Crippen molar-refractivity contribution in [3.63, 3.8) is 0 Å². The summed E-state index contributed by atoms with van der Waals surface area (Å²) in [6, 6.07) is 0. The molecule has 1 aliphatic carbocycles. The Morgan fingerprint density at radius 2 is 1.95 bits per heavy atom. The van der Waals surface area contributed by atoms with E-state index in [4.69, 9.17) is 20.5 Å². The van der Waals surface area contributed by atoms with E-state index in [2.05, 4.69) is 0 Å². The molecule has 1 rings (SSSR count). The van der Waals surface area contributed by atoms with E-state index in [0.717, 1.165) is 0 Å². The first kappa shape index (κ1) is 20.3. The molecule has 2 unspecified atom stereocenters. The van der Waals surface area contributed by atoms with Crippen molar-refractivity contribution in [3.05, 3.63) is 23.8 Å². The van der Waals surface area contributed by atoms with Crippen molar-refractivity contribution in [1.29, 1.82) is 0 Å². The highest BCUT2D eigenvalue weighted by atomic mass is 32.2. The molecule has 126 valence electrons. The standard InChI is InChI=1S/C9H10O4.C4H11NO3S/c1-9(8(12)13)4-2-3-6(5-9)7(10)11;1-2-4(3-5)9(6,7)8/h2-4H,5H2,1H3,(H,10,11)(H,12,13);4H,2-3,5H2,1H3,(H,6,7,8). The number of carboxylic acids is 2. The van der Waals surface area contributed by atoms with Gasteiger partial charge in [-0.25, -0.2) is 4.79 Å². The zero-order chi connectivity index (χ0) is 17.6. The fraction of sp³-hybridized carbons (Fsp3) is 0.538. The van der Waals surface area contributed by atoms with E-state index < -0.39 is 32.7 Å². The first-order valence-electron chi connectivity index (χ1n) is 6.49. The molecule has 0 fully saturated rings. The van der Waals surface area contributed by atoms with Crippen molar-refractivity contribution >= 4 is 22.1 Å². The Labute approximate surface area is 129 Å². The van der Waals surface area contributed by atoms with Crippen LogP contribution in [0.15, 0.2) is 23.8 Å². The van der Waals surface area contributed by atoms with E-state index in [9.17, 15) is 18.0 Å². The van der Waals surface area contributed by atoms with Crippen LogP contribution in [0, 0.1) is 5.41 Å². The van der Waals surface area contributed by atoms with Gasteiger partial charge in [-0.15, -0.1) is 0 Å². The van der Waals surface area contributed by atoms with Crippen molar-refractivity contribution in [2.45, 2.75) is 31.9 Å². The van der Waals surface area contributed by atoms with Crippen LogP contribution in [0.2, 0.25) is 0 Å². The first-order valence-corrected chi connectivity index (χ1v) is 7.99. The Hall–Kier alpha value is -1.71. The van der Waals surface area contributed by atoms with Crippen LogP contribution in [-0.2, 0) is 19.7 Å². The van der Waals surface area contributed by atoms with Crippen molar-refractivity contribution in [2.24, 2.45) is 11.1 Å². The van der Waals surface area contributed by atoms with Crippen LogP contribution in [-0.4, -0.2) is 46.9 Å². The summed E-state index contributed by atoms with van der Waals surface area (Å²) in [6.07, 6.45) is 4.79. The van der Waals surface area contributed by atoms with Crippen molar-refractivity contribution in [1.82, 2.24) is 0 Å². The van der Waals surface area contributed by atoms with Crippen LogP contribution >= 0.6 is 0 Å². The summed E-state index contributed by atoms with van der Waals surface area (Å²) in [7, 11) is -3.89. The average Bonchev–Trinajstić information content (AvgIpc) is 2.39. The largest absolute Gasteiger partial charge is 0.481 e. The monoisotopic (exact) mass is 335 g/mol. The summed E-state index contributed by atoms with van der Waals surface area (Å²) in [5, 5.41) is 16.7. The van der Waals surface area contributed by atoms with Gasteiger partial charge in [-0.1, -0.05) is 25.2 Å². The van der Waals surface area contributed by atoms with E-state index in [1.54, 1.807) is 6.92 Å². The number of carboxylic acid groups (broad SMARTS) is 2. The van der Waals surface area contributed by atoms with Gasteiger partial charge in [0.05, 0.1) is 10.7 Å². The molecule has 0 radical (unpaired) electrons. The highest BCUT2D eigenvalue weighted by Crippen LogP contribution is 2.31. The summed E-state index contributed by atoms with van der Waals surface area (Å²) in [6.45, 7) is 3.14. The molecule has 0 aromatic carbocycles. The molecular formula is C13H21NO7S. The SMILES string of the molecule is CC1(C(=O)O)C=CC=C(C(=O)O)C1.CCC(CN)S(=O)(=O)O. The average molecular weight is 335 g/mol. The third kappa shape index (κ3) is 5.96. The van der Waals surface area contributed by atoms with Gasteiger partial charge < -0.3 is 15.9 Å². The van der Waals surface area contributed by atoms with E-state index >= 15 is 0 Å². The number of hydrogen-bond donors (Lipinski definition) is 4. The van der Waals surface area contributed by atoms with E-state index in [1.165, 1.54) is 25.2 Å². The zero-order valence-corrected chi connectivity index (χ0v) is 13.2. The topological polar surface area (TPSA) is 155 Å². The van der Waals surface area contributed by atoms with Gasteiger partial charge in [0, 0.05) is 12.1 Å². The lowest BCUT2D eigenvalue weighted by molar-refractivity contribution is -0.145. The van der Waals surface area contributed by atoms with Crippen LogP contribution in [0.1, 0.15) is 26.7 Å². The summed E-state index contributed by atoms with van der Waals surface area (Å²) in [4.78, 5) is 21.3. The van der Waals surface area contributed by atoms with Gasteiger partial charge in [-0.2, -0.15) is 8.42 Å². The fourth-order valence-electron chi connectivity index (χ4n) is 1.68. The smallest absolute Gasteiger partial charge is 0.331 e. The number of aliphatic carboxylic acids is 2. The van der Waals surface area contributed by atoms with Crippen LogP contribution in [0.5, 0.6) is 0 Å². The Bertz CT molecular complexity index is 575. The van der Waals surface area contributed by atoms with Gasteiger partial charge in [0.2, 0.25) is 0 Å². The minimum Gasteiger partial charge on any atom is -0.481 e. The second kappa shape index (κ2) is 8.06. The molecule has 5 N–H and O–H groups in total. The Balaban J connectivity index is 0.000000433. The van der Waals surface area contributed by atoms with Gasteiger partial charge in [0.15, 0.2) is 0 Å². The third-order valence-electron chi connectivity index (χ3n) is 3.22. The van der Waals surface area contributed by atoms with Crippen LogP contribution in [0.4, 0.5) is 0 Å². The molecule has 0 aromatic heterocycles. The molecule has 0 saturated carbocycles. The van der Waals surface area contributed by atoms with Crippen molar-refractivity contribution in [3.8, 4) is 0 Å². The highest BCUT2D eigenvalue weighted by Gasteiger charge is 2.34. The summed E-state index contributed by atoms with van der Waals surface area (Å²) >= 11 is 0.